The number of nitrogens with zero attached hydrogens (tertiary/aromatic N) is 1. The Balaban J connectivity index is 1.73. The number of rotatable bonds is 7. The van der Waals surface area contributed by atoms with E-state index in [-0.39, 0.29) is 5.91 Å². The van der Waals surface area contributed by atoms with E-state index in [4.69, 9.17) is 5.73 Å². The van der Waals surface area contributed by atoms with E-state index >= 15 is 0 Å². The molecular weight excluding hydrogens is 266 g/mol. The summed E-state index contributed by atoms with van der Waals surface area (Å²) in [6.07, 6.45) is 5.25. The van der Waals surface area contributed by atoms with E-state index in [0.29, 0.717) is 12.5 Å². The van der Waals surface area contributed by atoms with Crippen molar-refractivity contribution in [3.05, 3.63) is 16.1 Å². The number of carbonyl (C=O) groups is 1. The average molecular weight is 285 g/mol. The smallest absolute Gasteiger partial charge is 0.237 e. The first-order valence-electron chi connectivity index (χ1n) is 6.17. The second kappa shape index (κ2) is 6.54. The lowest BCUT2D eigenvalue weighted by atomic mass is 10.2. The molecule has 0 radical (unpaired) electrons. The highest BCUT2D eigenvalue weighted by atomic mass is 32.2. The molecule has 0 unspecified atom stereocenters. The first-order chi connectivity index (χ1) is 8.70. The molecule has 1 aliphatic rings. The van der Waals surface area contributed by atoms with Gasteiger partial charge in [-0.1, -0.05) is 0 Å². The normalized spacial score (nSPS) is 16.6. The number of nitrogens with two attached hydrogens (primary N) is 1. The van der Waals surface area contributed by atoms with Gasteiger partial charge in [0.05, 0.1) is 18.3 Å². The summed E-state index contributed by atoms with van der Waals surface area (Å²) in [5.41, 5.74) is 6.98. The van der Waals surface area contributed by atoms with Gasteiger partial charge in [-0.15, -0.1) is 11.3 Å². The number of amides is 1. The van der Waals surface area contributed by atoms with Crippen molar-refractivity contribution < 1.29 is 4.79 Å². The summed E-state index contributed by atoms with van der Waals surface area (Å²) >= 11 is 3.32. The first-order valence-corrected chi connectivity index (χ1v) is 8.44. The lowest BCUT2D eigenvalue weighted by Crippen LogP contribution is -2.40. The molecule has 4 nitrogen and oxygen atoms in total. The van der Waals surface area contributed by atoms with Crippen LogP contribution in [0.3, 0.4) is 0 Å². The molecule has 2 rings (SSSR count). The molecule has 1 fully saturated rings. The Morgan fingerprint density at radius 2 is 2.50 bits per heavy atom. The highest BCUT2D eigenvalue weighted by molar-refractivity contribution is 7.98. The van der Waals surface area contributed by atoms with Gasteiger partial charge in [-0.2, -0.15) is 11.8 Å². The van der Waals surface area contributed by atoms with Crippen LogP contribution in [-0.2, 0) is 11.3 Å². The van der Waals surface area contributed by atoms with Crippen LogP contribution in [0.2, 0.25) is 0 Å². The number of nitrogens with one attached hydrogen (secondary N) is 1. The summed E-state index contributed by atoms with van der Waals surface area (Å²) in [5, 5.41) is 5.93. The predicted octanol–water partition coefficient (Wildman–Crippen LogP) is 1.72. The average Bonchev–Trinajstić information content (AvgIpc) is 3.12. The van der Waals surface area contributed by atoms with Crippen molar-refractivity contribution in [1.82, 2.24) is 10.3 Å². The van der Waals surface area contributed by atoms with Gasteiger partial charge in [-0.25, -0.2) is 4.98 Å². The van der Waals surface area contributed by atoms with Crippen molar-refractivity contribution in [3.63, 3.8) is 0 Å². The molecule has 1 heterocycles. The Morgan fingerprint density at radius 1 is 1.72 bits per heavy atom. The van der Waals surface area contributed by atoms with Gasteiger partial charge >= 0.3 is 0 Å². The van der Waals surface area contributed by atoms with Gasteiger partial charge in [0, 0.05) is 11.3 Å². The first kappa shape index (κ1) is 13.8. The third-order valence-corrected chi connectivity index (χ3v) is 4.46. The number of aromatic nitrogens is 1. The van der Waals surface area contributed by atoms with Gasteiger partial charge in [-0.05, 0) is 31.3 Å². The maximum absolute atomic E-state index is 11.7. The SMILES string of the molecule is CSCC[C@H](N)C(=O)NCc1nc(C2CC2)cs1. The van der Waals surface area contributed by atoms with Gasteiger partial charge < -0.3 is 11.1 Å². The predicted molar refractivity (Wildman–Crippen MR) is 76.9 cm³/mol. The second-order valence-electron chi connectivity index (χ2n) is 4.55. The Morgan fingerprint density at radius 3 is 3.17 bits per heavy atom. The second-order valence-corrected chi connectivity index (χ2v) is 6.47. The summed E-state index contributed by atoms with van der Waals surface area (Å²) in [4.78, 5) is 16.2. The molecule has 6 heteroatoms. The van der Waals surface area contributed by atoms with E-state index in [2.05, 4.69) is 15.7 Å². The quantitative estimate of drug-likeness (QED) is 0.800. The minimum Gasteiger partial charge on any atom is -0.348 e. The number of hydrogen-bond acceptors (Lipinski definition) is 5. The van der Waals surface area contributed by atoms with E-state index in [1.807, 2.05) is 6.26 Å². The molecule has 18 heavy (non-hydrogen) atoms. The summed E-state index contributed by atoms with van der Waals surface area (Å²) < 4.78 is 0. The van der Waals surface area contributed by atoms with Crippen molar-refractivity contribution in [3.8, 4) is 0 Å². The zero-order valence-corrected chi connectivity index (χ0v) is 12.1. The van der Waals surface area contributed by atoms with Crippen LogP contribution in [0.1, 0.15) is 35.9 Å². The molecule has 0 spiro atoms. The Labute approximate surface area is 116 Å². The maximum atomic E-state index is 11.7. The van der Waals surface area contributed by atoms with E-state index in [1.54, 1.807) is 23.1 Å². The van der Waals surface area contributed by atoms with Crippen molar-refractivity contribution in [2.45, 2.75) is 37.8 Å². The maximum Gasteiger partial charge on any atom is 0.237 e. The van der Waals surface area contributed by atoms with Crippen molar-refractivity contribution in [2.24, 2.45) is 5.73 Å². The Bertz CT molecular complexity index is 404. The summed E-state index contributed by atoms with van der Waals surface area (Å²) in [7, 11) is 0. The fraction of sp³-hybridized carbons (Fsp3) is 0.667. The molecule has 1 atom stereocenters. The lowest BCUT2D eigenvalue weighted by Gasteiger charge is -2.10. The number of thioether (sulfide) groups is 1. The summed E-state index contributed by atoms with van der Waals surface area (Å²) in [6, 6.07) is -0.402. The van der Waals surface area contributed by atoms with E-state index in [9.17, 15) is 4.79 Å². The third-order valence-electron chi connectivity index (χ3n) is 2.95. The Kier molecular flexibility index (Phi) is 5.03. The third kappa shape index (κ3) is 3.96. The van der Waals surface area contributed by atoms with Gasteiger partial charge in [0.25, 0.3) is 0 Å². The van der Waals surface area contributed by atoms with Crippen molar-refractivity contribution >= 4 is 29.0 Å². The fourth-order valence-electron chi connectivity index (χ4n) is 1.64. The van der Waals surface area contributed by atoms with Crippen LogP contribution in [0.4, 0.5) is 0 Å². The van der Waals surface area contributed by atoms with Crippen LogP contribution in [0.25, 0.3) is 0 Å². The molecule has 1 aromatic rings. The highest BCUT2D eigenvalue weighted by Gasteiger charge is 2.26. The molecule has 1 aliphatic carbocycles. The van der Waals surface area contributed by atoms with E-state index < -0.39 is 6.04 Å². The fourth-order valence-corrected chi connectivity index (χ4v) is 2.95. The molecule has 0 bridgehead atoms. The van der Waals surface area contributed by atoms with E-state index in [0.717, 1.165) is 17.2 Å². The Hall–Kier alpha value is -0.590. The molecule has 0 aromatic carbocycles. The van der Waals surface area contributed by atoms with Crippen LogP contribution < -0.4 is 11.1 Å². The van der Waals surface area contributed by atoms with Crippen LogP contribution in [0, 0.1) is 0 Å². The minimum atomic E-state index is -0.402. The van der Waals surface area contributed by atoms with Gasteiger partial charge in [-0.3, -0.25) is 4.79 Å². The standard InChI is InChI=1S/C12H19N3OS2/c1-17-5-4-9(13)12(16)14-6-11-15-10(7-18-11)8-2-3-8/h7-9H,2-6,13H2,1H3,(H,14,16)/t9-/m0/s1. The van der Waals surface area contributed by atoms with Gasteiger partial charge in [0.1, 0.15) is 5.01 Å². The van der Waals surface area contributed by atoms with Crippen LogP contribution in [0.15, 0.2) is 5.38 Å². The zero-order chi connectivity index (χ0) is 13.0. The van der Waals surface area contributed by atoms with Crippen LogP contribution >= 0.6 is 23.1 Å². The lowest BCUT2D eigenvalue weighted by molar-refractivity contribution is -0.122. The highest BCUT2D eigenvalue weighted by Crippen LogP contribution is 2.40. The van der Waals surface area contributed by atoms with Crippen LogP contribution in [0.5, 0.6) is 0 Å². The zero-order valence-electron chi connectivity index (χ0n) is 10.5. The largest absolute Gasteiger partial charge is 0.348 e. The van der Waals surface area contributed by atoms with Crippen molar-refractivity contribution in [1.29, 1.82) is 0 Å². The molecule has 0 aliphatic heterocycles. The van der Waals surface area contributed by atoms with Crippen LogP contribution in [-0.4, -0.2) is 28.9 Å². The number of thiazole rings is 1. The molecule has 1 amide bonds. The number of carbonyl (C=O) groups excluding carboxylic acids is 1. The summed E-state index contributed by atoms with van der Waals surface area (Å²) in [5.74, 6) is 1.51. The molecule has 0 saturated heterocycles. The number of hydrogen-bond donors (Lipinski definition) is 2. The monoisotopic (exact) mass is 285 g/mol. The van der Waals surface area contributed by atoms with E-state index in [1.165, 1.54) is 18.5 Å². The molecule has 100 valence electrons. The van der Waals surface area contributed by atoms with Crippen molar-refractivity contribution in [2.75, 3.05) is 12.0 Å². The molecular formula is C12H19N3OS2. The molecule has 3 N–H and O–H groups in total. The summed E-state index contributed by atoms with van der Waals surface area (Å²) in [6.45, 7) is 0.503. The van der Waals surface area contributed by atoms with Gasteiger partial charge in [0.2, 0.25) is 5.91 Å². The topological polar surface area (TPSA) is 68.0 Å². The molecule has 1 saturated carbocycles. The van der Waals surface area contributed by atoms with Gasteiger partial charge in [0.15, 0.2) is 0 Å². The minimum absolute atomic E-state index is 0.0766. The molecule has 1 aromatic heterocycles.